The van der Waals surface area contributed by atoms with Crippen LogP contribution in [0.4, 0.5) is 16.2 Å². The number of benzene rings is 2. The van der Waals surface area contributed by atoms with Gasteiger partial charge < -0.3 is 15.5 Å². The van der Waals surface area contributed by atoms with Crippen molar-refractivity contribution in [3.05, 3.63) is 59.2 Å². The topological polar surface area (TPSA) is 90.9 Å². The van der Waals surface area contributed by atoms with Crippen molar-refractivity contribution in [2.75, 3.05) is 16.8 Å². The van der Waals surface area contributed by atoms with Gasteiger partial charge in [-0.3, -0.25) is 14.6 Å². The molecule has 0 radical (unpaired) electrons. The van der Waals surface area contributed by atoms with Crippen molar-refractivity contribution in [2.24, 2.45) is 28.2 Å². The van der Waals surface area contributed by atoms with E-state index in [0.29, 0.717) is 29.2 Å². The van der Waals surface area contributed by atoms with Gasteiger partial charge in [-0.2, -0.15) is 0 Å². The number of nitrogens with zero attached hydrogens (tertiary/aromatic N) is 2. The molecule has 2 aromatic rings. The van der Waals surface area contributed by atoms with Crippen molar-refractivity contribution in [2.45, 2.75) is 65.5 Å². The number of rotatable bonds is 5. The lowest BCUT2D eigenvalue weighted by Gasteiger charge is -2.56. The molecular formula is C31H36N4O3. The number of carbonyl (C=O) groups is 3. The number of hydrogen-bond acceptors (Lipinski definition) is 4. The molecule has 38 heavy (non-hydrogen) atoms. The molecule has 4 fully saturated rings. The Labute approximate surface area is 224 Å². The molecule has 7 nitrogen and oxygen atoms in total. The third-order valence-electron chi connectivity index (χ3n) is 9.20. The Balaban J connectivity index is 1.29. The molecule has 7 heteroatoms. The maximum Gasteiger partial charge on any atom is 0.321 e. The Kier molecular flexibility index (Phi) is 6.12. The molecular weight excluding hydrogens is 476 g/mol. The maximum atomic E-state index is 14.1. The van der Waals surface area contributed by atoms with Gasteiger partial charge in [-0.15, -0.1) is 0 Å². The van der Waals surface area contributed by atoms with Gasteiger partial charge in [-0.25, -0.2) is 4.79 Å². The van der Waals surface area contributed by atoms with Gasteiger partial charge in [0.2, 0.25) is 6.17 Å². The number of aryl methyl sites for hydroxylation is 2. The lowest BCUT2D eigenvalue weighted by atomic mass is 9.48. The molecule has 1 heterocycles. The average Bonchev–Trinajstić information content (AvgIpc) is 2.94. The van der Waals surface area contributed by atoms with Gasteiger partial charge in [-0.05, 0) is 100 Å². The number of anilines is 2. The van der Waals surface area contributed by atoms with Crippen molar-refractivity contribution >= 4 is 34.8 Å². The van der Waals surface area contributed by atoms with Gasteiger partial charge in [0.15, 0.2) is 5.78 Å². The molecule has 1 aliphatic heterocycles. The summed E-state index contributed by atoms with van der Waals surface area (Å²) in [6, 6.07) is 12.8. The smallest absolute Gasteiger partial charge is 0.308 e. The van der Waals surface area contributed by atoms with Gasteiger partial charge in [0.1, 0.15) is 0 Å². The highest BCUT2D eigenvalue weighted by Gasteiger charge is 2.54. The molecule has 4 bridgehead atoms. The van der Waals surface area contributed by atoms with Gasteiger partial charge in [0.25, 0.3) is 5.91 Å². The van der Waals surface area contributed by atoms with Crippen LogP contribution in [-0.4, -0.2) is 36.1 Å². The van der Waals surface area contributed by atoms with Gasteiger partial charge in [0.05, 0.1) is 12.2 Å². The first-order valence-corrected chi connectivity index (χ1v) is 13.8. The first-order chi connectivity index (χ1) is 18.2. The second-order valence-corrected chi connectivity index (χ2v) is 12.1. The third kappa shape index (κ3) is 4.42. The van der Waals surface area contributed by atoms with Crippen molar-refractivity contribution in [3.8, 4) is 0 Å². The maximum absolute atomic E-state index is 14.1. The molecule has 5 aliphatic rings. The van der Waals surface area contributed by atoms with Gasteiger partial charge in [-0.1, -0.05) is 30.3 Å². The summed E-state index contributed by atoms with van der Waals surface area (Å²) in [7, 11) is 0. The molecule has 2 N–H and O–H groups in total. The van der Waals surface area contributed by atoms with Crippen LogP contribution in [0.15, 0.2) is 47.5 Å². The number of urea groups is 1. The molecule has 3 amide bonds. The van der Waals surface area contributed by atoms with E-state index >= 15 is 0 Å². The minimum atomic E-state index is -1.13. The molecule has 4 saturated carbocycles. The number of benzodiazepines with no additional fused rings is 1. The number of hydrogen-bond donors (Lipinski definition) is 2. The molecule has 4 aliphatic carbocycles. The van der Waals surface area contributed by atoms with E-state index in [2.05, 4.69) is 15.6 Å². The molecule has 0 aromatic heterocycles. The molecule has 2 aromatic carbocycles. The number of nitrogens with one attached hydrogen (secondary N) is 2. The van der Waals surface area contributed by atoms with E-state index in [0.717, 1.165) is 41.6 Å². The van der Waals surface area contributed by atoms with Crippen LogP contribution >= 0.6 is 0 Å². The Hall–Kier alpha value is -3.48. The molecule has 198 valence electrons. The summed E-state index contributed by atoms with van der Waals surface area (Å²) in [6.45, 7) is 5.77. The summed E-state index contributed by atoms with van der Waals surface area (Å²) in [4.78, 5) is 47.3. The fraction of sp³-hybridized carbons (Fsp3) is 0.484. The van der Waals surface area contributed by atoms with E-state index in [9.17, 15) is 14.4 Å². The highest BCUT2D eigenvalue weighted by atomic mass is 16.2. The van der Waals surface area contributed by atoms with E-state index < -0.39 is 12.2 Å². The lowest BCUT2D eigenvalue weighted by molar-refractivity contribution is -0.143. The number of aliphatic imine (C=N–C) groups is 1. The number of amides is 3. The van der Waals surface area contributed by atoms with Crippen LogP contribution in [0.2, 0.25) is 0 Å². The standard InChI is InChI=1S/C31H36N4O3/c1-18-6-4-8-24(10-18)33-30(38)34-28-29(37)35(27-19(2)7-5-9-25(27)20(3)32-28)17-26(36)31-14-21-11-22(15-31)13-23(12-21)16-31/h4-10,21-23,28H,11-17H2,1-3H3,(H2,33,34,38). The first kappa shape index (κ1) is 24.8. The highest BCUT2D eigenvalue weighted by Crippen LogP contribution is 2.60. The predicted octanol–water partition coefficient (Wildman–Crippen LogP) is 5.39. The summed E-state index contributed by atoms with van der Waals surface area (Å²) >= 11 is 0. The third-order valence-corrected chi connectivity index (χ3v) is 9.20. The molecule has 0 saturated heterocycles. The van der Waals surface area contributed by atoms with Gasteiger partial charge in [0, 0.05) is 22.4 Å². The zero-order valence-electron chi connectivity index (χ0n) is 22.4. The molecule has 1 atom stereocenters. The van der Waals surface area contributed by atoms with E-state index in [1.165, 1.54) is 19.3 Å². The summed E-state index contributed by atoms with van der Waals surface area (Å²) in [5.41, 5.74) is 4.45. The SMILES string of the molecule is CC1=NC(NC(=O)Nc2cccc(C)c2)C(=O)N(CC(=O)C23CC4CC(CC(C4)C2)C3)c2c(C)cccc21. The average molecular weight is 513 g/mol. The van der Waals surface area contributed by atoms with Crippen molar-refractivity contribution < 1.29 is 14.4 Å². The quantitative estimate of drug-likeness (QED) is 0.563. The first-order valence-electron chi connectivity index (χ1n) is 13.8. The van der Waals surface area contributed by atoms with Crippen LogP contribution in [-0.2, 0) is 9.59 Å². The Bertz CT molecular complexity index is 1310. The lowest BCUT2D eigenvalue weighted by Crippen LogP contribution is -2.55. The minimum absolute atomic E-state index is 0.0172. The van der Waals surface area contributed by atoms with Crippen LogP contribution < -0.4 is 15.5 Å². The summed E-state index contributed by atoms with van der Waals surface area (Å²) in [5, 5.41) is 5.57. The number of ketones is 1. The van der Waals surface area contributed by atoms with Crippen molar-refractivity contribution in [3.63, 3.8) is 0 Å². The molecule has 7 rings (SSSR count). The van der Waals surface area contributed by atoms with Crippen LogP contribution in [0.1, 0.15) is 62.1 Å². The summed E-state index contributed by atoms with van der Waals surface area (Å²) < 4.78 is 0. The van der Waals surface area contributed by atoms with Crippen LogP contribution in [0, 0.1) is 37.0 Å². The van der Waals surface area contributed by atoms with E-state index in [1.54, 1.807) is 11.0 Å². The number of fused-ring (bicyclic) bond motifs is 1. The zero-order valence-corrected chi connectivity index (χ0v) is 22.4. The number of Topliss-reactive ketones (excluding diaryl/α,β-unsaturated/α-hetero) is 1. The predicted molar refractivity (Wildman–Crippen MR) is 148 cm³/mol. The second-order valence-electron chi connectivity index (χ2n) is 12.1. The van der Waals surface area contributed by atoms with E-state index in [1.807, 2.05) is 57.2 Å². The van der Waals surface area contributed by atoms with E-state index in [-0.39, 0.29) is 23.7 Å². The fourth-order valence-corrected chi connectivity index (χ4v) is 7.91. The normalized spacial score (nSPS) is 29.4. The Morgan fingerprint density at radius 2 is 1.63 bits per heavy atom. The largest absolute Gasteiger partial charge is 0.321 e. The van der Waals surface area contributed by atoms with Crippen molar-refractivity contribution in [1.82, 2.24) is 5.32 Å². The van der Waals surface area contributed by atoms with E-state index in [4.69, 9.17) is 0 Å². The highest BCUT2D eigenvalue weighted by molar-refractivity contribution is 6.15. The van der Waals surface area contributed by atoms with Crippen LogP contribution in [0.25, 0.3) is 0 Å². The number of para-hydroxylation sites is 1. The second kappa shape index (κ2) is 9.37. The zero-order chi connectivity index (χ0) is 26.6. The minimum Gasteiger partial charge on any atom is -0.308 e. The Morgan fingerprint density at radius 3 is 2.29 bits per heavy atom. The van der Waals surface area contributed by atoms with Crippen LogP contribution in [0.3, 0.4) is 0 Å². The summed E-state index contributed by atoms with van der Waals surface area (Å²) in [6.07, 6.45) is 5.50. The molecule has 1 unspecified atom stereocenters. The van der Waals surface area contributed by atoms with Crippen molar-refractivity contribution in [1.29, 1.82) is 0 Å². The van der Waals surface area contributed by atoms with Crippen LogP contribution in [0.5, 0.6) is 0 Å². The monoisotopic (exact) mass is 512 g/mol. The summed E-state index contributed by atoms with van der Waals surface area (Å²) in [5.74, 6) is 1.72. The number of carbonyl (C=O) groups excluding carboxylic acids is 3. The molecule has 0 spiro atoms. The van der Waals surface area contributed by atoms with Gasteiger partial charge >= 0.3 is 6.03 Å². The Morgan fingerprint density at radius 1 is 0.974 bits per heavy atom. The fourth-order valence-electron chi connectivity index (χ4n) is 7.91.